The maximum Gasteiger partial charge on any atom is 0.163 e. The molecule has 6 nitrogen and oxygen atoms in total. The summed E-state index contributed by atoms with van der Waals surface area (Å²) < 4.78 is 11.9. The topological polar surface area (TPSA) is 68.3 Å². The first kappa shape index (κ1) is 30.8. The lowest BCUT2D eigenvalue weighted by Crippen LogP contribution is -2.09. The monoisotopic (exact) mass is 574 g/mol. The zero-order chi connectivity index (χ0) is 29.4. The van der Waals surface area contributed by atoms with Crippen LogP contribution in [0.1, 0.15) is 82.1 Å². The van der Waals surface area contributed by atoms with E-state index in [0.717, 1.165) is 41.3 Å². The van der Waals surface area contributed by atoms with Crippen molar-refractivity contribution in [1.82, 2.24) is 15.3 Å². The van der Waals surface area contributed by atoms with Crippen LogP contribution in [0.15, 0.2) is 47.8 Å². The molecule has 0 aliphatic rings. The molecule has 0 unspecified atom stereocenters. The summed E-state index contributed by atoms with van der Waals surface area (Å²) >= 11 is 1.76. The molecule has 0 fully saturated rings. The van der Waals surface area contributed by atoms with Crippen LogP contribution in [0.25, 0.3) is 22.0 Å². The van der Waals surface area contributed by atoms with Crippen LogP contribution in [-0.4, -0.2) is 30.7 Å². The van der Waals surface area contributed by atoms with Crippen LogP contribution in [0.3, 0.4) is 0 Å². The van der Waals surface area contributed by atoms with Gasteiger partial charge in [-0.15, -0.1) is 11.3 Å². The molecule has 4 aromatic rings. The van der Waals surface area contributed by atoms with Crippen LogP contribution >= 0.6 is 11.3 Å². The molecule has 1 atom stereocenters. The van der Waals surface area contributed by atoms with Gasteiger partial charge in [0.25, 0.3) is 0 Å². The van der Waals surface area contributed by atoms with E-state index in [9.17, 15) is 0 Å². The van der Waals surface area contributed by atoms with Gasteiger partial charge in [-0.2, -0.15) is 0 Å². The number of fused-ring (bicyclic) bond motifs is 1. The van der Waals surface area contributed by atoms with Gasteiger partial charge in [0, 0.05) is 22.9 Å². The average molecular weight is 575 g/mol. The Balaban J connectivity index is 1.47. The van der Waals surface area contributed by atoms with Gasteiger partial charge in [0.2, 0.25) is 0 Å². The number of aryl methyl sites for hydroxylation is 1. The fourth-order valence-corrected chi connectivity index (χ4v) is 5.99. The van der Waals surface area contributed by atoms with E-state index in [-0.39, 0.29) is 6.04 Å². The lowest BCUT2D eigenvalue weighted by molar-refractivity contribution is 0.282. The normalized spacial score (nSPS) is 12.5. The summed E-state index contributed by atoms with van der Waals surface area (Å²) in [5, 5.41) is 10.1. The Labute approximate surface area is 249 Å². The van der Waals surface area contributed by atoms with Crippen LogP contribution in [-0.2, 0) is 6.54 Å². The fraction of sp³-hybridized carbons (Fsp3) is 0.471. The van der Waals surface area contributed by atoms with Crippen molar-refractivity contribution in [3.05, 3.63) is 64.1 Å². The van der Waals surface area contributed by atoms with Crippen LogP contribution < -0.4 is 20.1 Å². The van der Waals surface area contributed by atoms with Crippen molar-refractivity contribution in [2.24, 2.45) is 5.41 Å². The SMILES string of the molecule is CNCc1ccccc1-c1csc([C@@H](C)Nc2nc(C)nc3cc(OCCCCCCC(C)(C)C)c(OC)cc23)c1. The van der Waals surface area contributed by atoms with Crippen molar-refractivity contribution in [3.63, 3.8) is 0 Å². The van der Waals surface area contributed by atoms with Gasteiger partial charge < -0.3 is 20.1 Å². The first-order valence-electron chi connectivity index (χ1n) is 14.8. The van der Waals surface area contributed by atoms with Crippen molar-refractivity contribution in [1.29, 1.82) is 0 Å². The largest absolute Gasteiger partial charge is 0.493 e. The Morgan fingerprint density at radius 1 is 0.976 bits per heavy atom. The Morgan fingerprint density at radius 3 is 2.51 bits per heavy atom. The van der Waals surface area contributed by atoms with Crippen LogP contribution in [0.2, 0.25) is 0 Å². The standard InChI is InChI=1S/C34H46N4O2S/c1-23(32-18-26(22-41-32)27-15-11-10-14-25(27)21-35-6)36-33-28-19-30(39-7)31(20-29(28)37-24(2)38-33)40-17-13-9-8-12-16-34(3,4)5/h10-11,14-15,18-20,22-23,35H,8-9,12-13,16-17,21H2,1-7H3,(H,36,37,38)/t23-/m1/s1. The minimum Gasteiger partial charge on any atom is -0.493 e. The third-order valence-electron chi connectivity index (χ3n) is 7.27. The second-order valence-corrected chi connectivity index (χ2v) is 12.9. The van der Waals surface area contributed by atoms with Crippen LogP contribution in [0, 0.1) is 12.3 Å². The maximum atomic E-state index is 6.18. The smallest absolute Gasteiger partial charge is 0.163 e. The first-order chi connectivity index (χ1) is 19.7. The van der Waals surface area contributed by atoms with Gasteiger partial charge >= 0.3 is 0 Å². The van der Waals surface area contributed by atoms with E-state index in [1.165, 1.54) is 47.3 Å². The molecule has 0 saturated heterocycles. The summed E-state index contributed by atoms with van der Waals surface area (Å²) in [7, 11) is 3.67. The number of benzene rings is 2. The summed E-state index contributed by atoms with van der Waals surface area (Å²) in [6.07, 6.45) is 5.97. The molecule has 2 N–H and O–H groups in total. The number of rotatable bonds is 14. The Morgan fingerprint density at radius 2 is 1.76 bits per heavy atom. The highest BCUT2D eigenvalue weighted by Gasteiger charge is 2.17. The van der Waals surface area contributed by atoms with Crippen molar-refractivity contribution < 1.29 is 9.47 Å². The zero-order valence-electron chi connectivity index (χ0n) is 25.8. The second-order valence-electron chi connectivity index (χ2n) is 12.0. The lowest BCUT2D eigenvalue weighted by atomic mass is 9.89. The number of aromatic nitrogens is 2. The molecule has 0 radical (unpaired) electrons. The molecular formula is C34H46N4O2S. The number of nitrogens with zero attached hydrogens (tertiary/aromatic N) is 2. The van der Waals surface area contributed by atoms with Crippen LogP contribution in [0.4, 0.5) is 5.82 Å². The van der Waals surface area contributed by atoms with E-state index in [4.69, 9.17) is 19.4 Å². The number of ether oxygens (including phenoxy) is 2. The molecule has 2 aromatic heterocycles. The van der Waals surface area contributed by atoms with Gasteiger partial charge in [-0.3, -0.25) is 0 Å². The van der Waals surface area contributed by atoms with E-state index >= 15 is 0 Å². The van der Waals surface area contributed by atoms with Crippen molar-refractivity contribution in [2.45, 2.75) is 79.3 Å². The summed E-state index contributed by atoms with van der Waals surface area (Å²) in [5.41, 5.74) is 5.06. The van der Waals surface area contributed by atoms with Crippen molar-refractivity contribution in [3.8, 4) is 22.6 Å². The Hall–Kier alpha value is -3.16. The van der Waals surface area contributed by atoms with E-state index in [1.807, 2.05) is 26.1 Å². The van der Waals surface area contributed by atoms with E-state index in [1.54, 1.807) is 18.4 Å². The molecule has 7 heteroatoms. The van der Waals surface area contributed by atoms with E-state index in [0.29, 0.717) is 17.8 Å². The van der Waals surface area contributed by atoms with Gasteiger partial charge in [0.15, 0.2) is 11.5 Å². The first-order valence-corrected chi connectivity index (χ1v) is 15.6. The number of hydrogen-bond acceptors (Lipinski definition) is 7. The third kappa shape index (κ3) is 8.43. The predicted molar refractivity (Wildman–Crippen MR) is 173 cm³/mol. The summed E-state index contributed by atoms with van der Waals surface area (Å²) in [6.45, 7) is 12.5. The number of nitrogens with one attached hydrogen (secondary N) is 2. The number of anilines is 1. The molecule has 0 aliphatic heterocycles. The lowest BCUT2D eigenvalue weighted by Gasteiger charge is -2.18. The second kappa shape index (κ2) is 14.1. The highest BCUT2D eigenvalue weighted by Crippen LogP contribution is 2.37. The highest BCUT2D eigenvalue weighted by molar-refractivity contribution is 7.10. The molecule has 4 rings (SSSR count). The van der Waals surface area contributed by atoms with Crippen molar-refractivity contribution >= 4 is 28.1 Å². The van der Waals surface area contributed by atoms with Gasteiger partial charge in [-0.05, 0) is 73.4 Å². The molecule has 0 aliphatic carbocycles. The number of hydrogen-bond donors (Lipinski definition) is 2. The molecule has 0 amide bonds. The maximum absolute atomic E-state index is 6.18. The average Bonchev–Trinajstić information content (AvgIpc) is 3.42. The predicted octanol–water partition coefficient (Wildman–Crippen LogP) is 8.94. The van der Waals surface area contributed by atoms with Crippen LogP contribution in [0.5, 0.6) is 11.5 Å². The number of unbranched alkanes of at least 4 members (excludes halogenated alkanes) is 3. The summed E-state index contributed by atoms with van der Waals surface area (Å²) in [5.74, 6) is 2.95. The molecule has 2 heterocycles. The molecule has 0 spiro atoms. The molecule has 41 heavy (non-hydrogen) atoms. The van der Waals surface area contributed by atoms with E-state index < -0.39 is 0 Å². The van der Waals surface area contributed by atoms with Gasteiger partial charge in [0.1, 0.15) is 11.6 Å². The molecular weight excluding hydrogens is 528 g/mol. The third-order valence-corrected chi connectivity index (χ3v) is 8.38. The number of thiophene rings is 1. The molecule has 0 saturated carbocycles. The quantitative estimate of drug-likeness (QED) is 0.147. The van der Waals surface area contributed by atoms with Gasteiger partial charge in [-0.25, -0.2) is 9.97 Å². The Kier molecular flexibility index (Phi) is 10.6. The van der Waals surface area contributed by atoms with E-state index in [2.05, 4.69) is 74.0 Å². The molecule has 0 bridgehead atoms. The summed E-state index contributed by atoms with van der Waals surface area (Å²) in [6, 6.07) is 14.9. The minimum absolute atomic E-state index is 0.0721. The molecule has 220 valence electrons. The minimum atomic E-state index is 0.0721. The number of methoxy groups -OCH3 is 1. The van der Waals surface area contributed by atoms with Crippen molar-refractivity contribution in [2.75, 3.05) is 26.1 Å². The fourth-order valence-electron chi connectivity index (χ4n) is 5.07. The Bertz CT molecular complexity index is 1430. The van der Waals surface area contributed by atoms with Gasteiger partial charge in [0.05, 0.1) is 25.3 Å². The summed E-state index contributed by atoms with van der Waals surface area (Å²) in [4.78, 5) is 10.7. The molecule has 2 aromatic carbocycles. The zero-order valence-corrected chi connectivity index (χ0v) is 26.6. The highest BCUT2D eigenvalue weighted by atomic mass is 32.1. The van der Waals surface area contributed by atoms with Gasteiger partial charge in [-0.1, -0.05) is 64.3 Å².